The largest absolute Gasteiger partial charge is 0.367 e. The van der Waals surface area contributed by atoms with E-state index >= 15 is 0 Å². The molecule has 3 rings (SSSR count). The molecule has 0 spiro atoms. The van der Waals surface area contributed by atoms with Crippen LogP contribution in [0.2, 0.25) is 0 Å². The fourth-order valence-electron chi connectivity index (χ4n) is 2.76. The molecule has 0 atom stereocenters. The molecule has 1 aliphatic heterocycles. The molecule has 2 heterocycles. The summed E-state index contributed by atoms with van der Waals surface area (Å²) in [5.74, 6) is -0.701. The van der Waals surface area contributed by atoms with E-state index in [1.54, 1.807) is 17.0 Å². The molecule has 24 heavy (non-hydrogen) atoms. The molecular weight excluding hydrogens is 311 g/mol. The SMILES string of the molecule is N#Cc1c(F)cccc1N1CCN(C(=O)c2ccc(=O)[nH]c2)CC1. The molecule has 1 N–H and O–H groups in total. The van der Waals surface area contributed by atoms with Gasteiger partial charge in [0.15, 0.2) is 0 Å². The van der Waals surface area contributed by atoms with Crippen LogP contribution >= 0.6 is 0 Å². The van der Waals surface area contributed by atoms with Crippen molar-refractivity contribution in [3.8, 4) is 6.07 Å². The molecule has 1 aliphatic rings. The number of nitrogens with zero attached hydrogens (tertiary/aromatic N) is 3. The van der Waals surface area contributed by atoms with Crippen LogP contribution in [0.3, 0.4) is 0 Å². The first-order valence-electron chi connectivity index (χ1n) is 7.52. The van der Waals surface area contributed by atoms with Gasteiger partial charge in [0.2, 0.25) is 5.56 Å². The fraction of sp³-hybridized carbons (Fsp3) is 0.235. The lowest BCUT2D eigenvalue weighted by Gasteiger charge is -2.36. The third-order valence-corrected chi connectivity index (χ3v) is 4.04. The van der Waals surface area contributed by atoms with Gasteiger partial charge in [0.1, 0.15) is 17.4 Å². The number of nitriles is 1. The van der Waals surface area contributed by atoms with Gasteiger partial charge in [0.25, 0.3) is 5.91 Å². The number of amides is 1. The van der Waals surface area contributed by atoms with Crippen molar-refractivity contribution in [2.24, 2.45) is 0 Å². The van der Waals surface area contributed by atoms with Crippen LogP contribution in [-0.2, 0) is 0 Å². The predicted octanol–water partition coefficient (Wildman–Crippen LogP) is 1.35. The molecule has 0 radical (unpaired) electrons. The third-order valence-electron chi connectivity index (χ3n) is 4.04. The Hall–Kier alpha value is -3.14. The van der Waals surface area contributed by atoms with Crippen molar-refractivity contribution in [2.75, 3.05) is 31.1 Å². The van der Waals surface area contributed by atoms with Gasteiger partial charge in [0.05, 0.1) is 11.3 Å². The van der Waals surface area contributed by atoms with Crippen LogP contribution in [0, 0.1) is 17.1 Å². The van der Waals surface area contributed by atoms with Gasteiger partial charge in [0, 0.05) is 38.4 Å². The molecule has 1 fully saturated rings. The normalized spacial score (nSPS) is 14.3. The highest BCUT2D eigenvalue weighted by molar-refractivity contribution is 5.94. The Balaban J connectivity index is 1.71. The lowest BCUT2D eigenvalue weighted by molar-refractivity contribution is 0.0746. The molecule has 122 valence electrons. The smallest absolute Gasteiger partial charge is 0.255 e. The zero-order valence-electron chi connectivity index (χ0n) is 12.8. The second-order valence-electron chi connectivity index (χ2n) is 5.47. The van der Waals surface area contributed by atoms with Gasteiger partial charge < -0.3 is 14.8 Å². The molecule has 1 amide bonds. The van der Waals surface area contributed by atoms with Gasteiger partial charge in [-0.15, -0.1) is 0 Å². The summed E-state index contributed by atoms with van der Waals surface area (Å²) in [6, 6.07) is 9.25. The second-order valence-corrected chi connectivity index (χ2v) is 5.47. The van der Waals surface area contributed by atoms with Crippen LogP contribution in [0.25, 0.3) is 0 Å². The summed E-state index contributed by atoms with van der Waals surface area (Å²) in [5, 5.41) is 9.13. The Bertz CT molecular complexity index is 843. The first-order valence-corrected chi connectivity index (χ1v) is 7.52. The molecule has 0 aliphatic carbocycles. The van der Waals surface area contributed by atoms with E-state index in [0.29, 0.717) is 37.4 Å². The van der Waals surface area contributed by atoms with Gasteiger partial charge in [-0.25, -0.2) is 4.39 Å². The number of anilines is 1. The van der Waals surface area contributed by atoms with Crippen molar-refractivity contribution < 1.29 is 9.18 Å². The van der Waals surface area contributed by atoms with E-state index in [2.05, 4.69) is 4.98 Å². The summed E-state index contributed by atoms with van der Waals surface area (Å²) >= 11 is 0. The lowest BCUT2D eigenvalue weighted by atomic mass is 10.1. The van der Waals surface area contributed by atoms with Crippen LogP contribution in [0.4, 0.5) is 10.1 Å². The van der Waals surface area contributed by atoms with E-state index in [9.17, 15) is 14.0 Å². The van der Waals surface area contributed by atoms with Crippen LogP contribution in [0.15, 0.2) is 41.3 Å². The van der Waals surface area contributed by atoms with Gasteiger partial charge in [-0.05, 0) is 18.2 Å². The van der Waals surface area contributed by atoms with Crippen molar-refractivity contribution in [1.82, 2.24) is 9.88 Å². The number of piperazine rings is 1. The highest BCUT2D eigenvalue weighted by Crippen LogP contribution is 2.24. The van der Waals surface area contributed by atoms with Crippen LogP contribution in [0.5, 0.6) is 0 Å². The van der Waals surface area contributed by atoms with Gasteiger partial charge in [-0.3, -0.25) is 9.59 Å². The number of H-pyrrole nitrogens is 1. The van der Waals surface area contributed by atoms with Crippen molar-refractivity contribution >= 4 is 11.6 Å². The molecule has 0 unspecified atom stereocenters. The average molecular weight is 326 g/mol. The summed E-state index contributed by atoms with van der Waals surface area (Å²) in [4.78, 5) is 29.5. The van der Waals surface area contributed by atoms with Crippen LogP contribution in [-0.4, -0.2) is 42.0 Å². The van der Waals surface area contributed by atoms with E-state index < -0.39 is 5.82 Å². The highest BCUT2D eigenvalue weighted by atomic mass is 19.1. The number of aromatic amines is 1. The molecular formula is C17H15FN4O2. The number of hydrogen-bond acceptors (Lipinski definition) is 4. The number of rotatable bonds is 2. The topological polar surface area (TPSA) is 80.2 Å². The van der Waals surface area contributed by atoms with Gasteiger partial charge in [-0.2, -0.15) is 5.26 Å². The standard InChI is InChI=1S/C17H15FN4O2/c18-14-2-1-3-15(13(14)10-19)21-6-8-22(9-7-21)17(24)12-4-5-16(23)20-11-12/h1-5,11H,6-9H2,(H,20,23). The predicted molar refractivity (Wildman–Crippen MR) is 86.3 cm³/mol. The molecule has 0 saturated carbocycles. The first-order chi connectivity index (χ1) is 11.6. The first kappa shape index (κ1) is 15.7. The van der Waals surface area contributed by atoms with E-state index in [0.717, 1.165) is 0 Å². The Kier molecular flexibility index (Phi) is 4.29. The maximum absolute atomic E-state index is 13.7. The fourth-order valence-corrected chi connectivity index (χ4v) is 2.76. The van der Waals surface area contributed by atoms with E-state index in [4.69, 9.17) is 5.26 Å². The van der Waals surface area contributed by atoms with Crippen LogP contribution in [0.1, 0.15) is 15.9 Å². The number of benzene rings is 1. The van der Waals surface area contributed by atoms with Crippen LogP contribution < -0.4 is 10.5 Å². The maximum atomic E-state index is 13.7. The van der Waals surface area contributed by atoms with Crippen molar-refractivity contribution in [3.63, 3.8) is 0 Å². The minimum atomic E-state index is -0.540. The van der Waals surface area contributed by atoms with E-state index in [1.165, 1.54) is 24.4 Å². The monoisotopic (exact) mass is 326 g/mol. The minimum Gasteiger partial charge on any atom is -0.367 e. The molecule has 1 saturated heterocycles. The molecule has 2 aromatic rings. The quantitative estimate of drug-likeness (QED) is 0.903. The van der Waals surface area contributed by atoms with E-state index in [1.807, 2.05) is 11.0 Å². The second kappa shape index (κ2) is 6.54. The molecule has 0 bridgehead atoms. The summed E-state index contributed by atoms with van der Waals surface area (Å²) < 4.78 is 13.7. The zero-order chi connectivity index (χ0) is 17.1. The van der Waals surface area contributed by atoms with Crippen molar-refractivity contribution in [2.45, 2.75) is 0 Å². The summed E-state index contributed by atoms with van der Waals surface area (Å²) in [5.41, 5.74) is 0.740. The Morgan fingerprint density at radius 3 is 2.54 bits per heavy atom. The number of pyridine rings is 1. The summed E-state index contributed by atoms with van der Waals surface area (Å²) in [6.45, 7) is 1.93. The lowest BCUT2D eigenvalue weighted by Crippen LogP contribution is -2.49. The minimum absolute atomic E-state index is 0.0258. The number of nitrogens with one attached hydrogen (secondary N) is 1. The Morgan fingerprint density at radius 1 is 1.17 bits per heavy atom. The zero-order valence-corrected chi connectivity index (χ0v) is 12.8. The highest BCUT2D eigenvalue weighted by Gasteiger charge is 2.24. The molecule has 1 aromatic heterocycles. The van der Waals surface area contributed by atoms with Crippen molar-refractivity contribution in [3.05, 3.63) is 63.8 Å². The van der Waals surface area contributed by atoms with E-state index in [-0.39, 0.29) is 17.0 Å². The van der Waals surface area contributed by atoms with Gasteiger partial charge >= 0.3 is 0 Å². The number of aromatic nitrogens is 1. The molecule has 6 nitrogen and oxygen atoms in total. The van der Waals surface area contributed by atoms with Crippen molar-refractivity contribution in [1.29, 1.82) is 5.26 Å². The molecule has 7 heteroatoms. The number of hydrogen-bond donors (Lipinski definition) is 1. The third kappa shape index (κ3) is 2.99. The summed E-state index contributed by atoms with van der Waals surface area (Å²) in [6.07, 6.45) is 1.40. The average Bonchev–Trinajstić information content (AvgIpc) is 2.62. The van der Waals surface area contributed by atoms with Gasteiger partial charge in [-0.1, -0.05) is 6.07 Å². The number of halogens is 1. The maximum Gasteiger partial charge on any atom is 0.255 e. The molecule has 1 aromatic carbocycles. The number of carbonyl (C=O) groups excluding carboxylic acids is 1. The Labute approximate surface area is 137 Å². The summed E-state index contributed by atoms with van der Waals surface area (Å²) in [7, 11) is 0. The number of carbonyl (C=O) groups is 1. The Morgan fingerprint density at radius 2 is 1.92 bits per heavy atom.